The SMILES string of the molecule is C#Cc1c(F)ccc2cc(O)cc(-c3c(F)c4nc(OC[C@]5(CN(C)C)CC5(F)F)nc(N5[C@@H]6CC[C@H]5CN(CC5(C(F)F)COC5)C6)c4c4cn(C)nc34)c12. The summed E-state index contributed by atoms with van der Waals surface area (Å²) in [4.78, 5) is 15.1. The lowest BCUT2D eigenvalue weighted by Gasteiger charge is -2.48. The molecule has 0 unspecified atom stereocenters. The van der Waals surface area contributed by atoms with Crippen LogP contribution in [0.3, 0.4) is 0 Å². The van der Waals surface area contributed by atoms with Crippen molar-refractivity contribution in [1.29, 1.82) is 0 Å². The molecule has 0 spiro atoms. The van der Waals surface area contributed by atoms with Gasteiger partial charge in [-0.05, 0) is 56.1 Å². The van der Waals surface area contributed by atoms with Crippen LogP contribution in [0.2, 0.25) is 0 Å². The highest BCUT2D eigenvalue weighted by Gasteiger charge is 2.71. The number of anilines is 1. The highest BCUT2D eigenvalue weighted by Crippen LogP contribution is 2.61. The molecule has 0 amide bonds. The molecule has 0 radical (unpaired) electrons. The number of aromatic nitrogens is 4. The highest BCUT2D eigenvalue weighted by molar-refractivity contribution is 6.18. The van der Waals surface area contributed by atoms with E-state index < -0.39 is 47.8 Å². The van der Waals surface area contributed by atoms with Gasteiger partial charge in [0.15, 0.2) is 5.82 Å². The van der Waals surface area contributed by atoms with Crippen molar-refractivity contribution in [1.82, 2.24) is 29.5 Å². The summed E-state index contributed by atoms with van der Waals surface area (Å²) in [5, 5.41) is 16.7. The minimum absolute atomic E-state index is 0.0175. The number of hydrogen-bond acceptors (Lipinski definition) is 9. The number of phenolic OH excluding ortho intramolecular Hbond substituents is 1. The Kier molecular flexibility index (Phi) is 8.43. The van der Waals surface area contributed by atoms with E-state index in [9.17, 15) is 22.7 Å². The Balaban J connectivity index is 1.24. The van der Waals surface area contributed by atoms with Crippen LogP contribution in [0.5, 0.6) is 11.8 Å². The summed E-state index contributed by atoms with van der Waals surface area (Å²) in [6, 6.07) is 4.55. The molecule has 5 heterocycles. The van der Waals surface area contributed by atoms with Gasteiger partial charge < -0.3 is 24.4 Å². The molecule has 2 bridgehead atoms. The van der Waals surface area contributed by atoms with Crippen LogP contribution in [0.25, 0.3) is 43.7 Å². The molecule has 1 N–H and O–H groups in total. The topological polar surface area (TPSA) is 92.0 Å². The molecule has 1 aliphatic carbocycles. The summed E-state index contributed by atoms with van der Waals surface area (Å²) >= 11 is 0. The van der Waals surface area contributed by atoms with Crippen LogP contribution >= 0.6 is 0 Å². The lowest BCUT2D eigenvalue weighted by Crippen LogP contribution is -2.61. The molecule has 56 heavy (non-hydrogen) atoms. The molecule has 294 valence electrons. The summed E-state index contributed by atoms with van der Waals surface area (Å²) in [6.07, 6.45) is 5.92. The van der Waals surface area contributed by atoms with Crippen molar-refractivity contribution in [2.75, 3.05) is 65.0 Å². The second-order valence-electron chi connectivity index (χ2n) is 16.3. The molecule has 3 aromatic carbocycles. The van der Waals surface area contributed by atoms with Gasteiger partial charge in [-0.1, -0.05) is 12.0 Å². The number of fused-ring (bicyclic) bond motifs is 6. The van der Waals surface area contributed by atoms with Gasteiger partial charge in [0.1, 0.15) is 35.0 Å². The predicted molar refractivity (Wildman–Crippen MR) is 197 cm³/mol. The Labute approximate surface area is 318 Å². The lowest BCUT2D eigenvalue weighted by molar-refractivity contribution is -0.195. The van der Waals surface area contributed by atoms with Gasteiger partial charge >= 0.3 is 6.01 Å². The number of hydrogen-bond donors (Lipinski definition) is 1. The maximum Gasteiger partial charge on any atom is 0.319 e. The Morgan fingerprint density at radius 2 is 1.79 bits per heavy atom. The molecule has 10 nitrogen and oxygen atoms in total. The van der Waals surface area contributed by atoms with Gasteiger partial charge in [-0.3, -0.25) is 9.58 Å². The molecule has 4 fully saturated rings. The highest BCUT2D eigenvalue weighted by atomic mass is 19.3. The molecule has 16 heteroatoms. The standard InChI is InChI=1S/C40H39F6N7O3/c1-5-25-28(41)9-6-21-10-24(54)11-26(29(21)25)30-32(42)34-31(27-14-51(4)49-33(27)30)35(48-37(47-34)56-20-39(17-50(2)3)15-40(39,45)46)53-22-7-8-23(53)13-52(12-22)16-38(36(43)44)18-55-19-38/h1,6,9-11,14,22-23,36,54H,7-8,12-13,15-20H2,2-4H3/t22-,23+,39-/m1/s1. The number of terminal acetylenes is 1. The van der Waals surface area contributed by atoms with Crippen LogP contribution in [0, 0.1) is 34.8 Å². The fraction of sp³-hybridized carbons (Fsp3) is 0.475. The summed E-state index contributed by atoms with van der Waals surface area (Å²) in [5.41, 5.74) is -2.96. The zero-order valence-corrected chi connectivity index (χ0v) is 30.9. The smallest absolute Gasteiger partial charge is 0.319 e. The normalized spacial score (nSPS) is 24.1. The first-order chi connectivity index (χ1) is 26.6. The number of aryl methyl sites for hydroxylation is 1. The van der Waals surface area contributed by atoms with Crippen LogP contribution < -0.4 is 9.64 Å². The van der Waals surface area contributed by atoms with Crippen molar-refractivity contribution in [2.45, 2.75) is 43.7 Å². The van der Waals surface area contributed by atoms with Gasteiger partial charge in [-0.25, -0.2) is 26.3 Å². The number of rotatable bonds is 10. The van der Waals surface area contributed by atoms with E-state index in [1.54, 1.807) is 32.2 Å². The van der Waals surface area contributed by atoms with Crippen molar-refractivity contribution in [3.63, 3.8) is 0 Å². The number of piperazine rings is 1. The zero-order valence-electron chi connectivity index (χ0n) is 30.9. The Bertz CT molecular complexity index is 2450. The predicted octanol–water partition coefficient (Wildman–Crippen LogP) is 6.20. The van der Waals surface area contributed by atoms with Gasteiger partial charge in [0.05, 0.1) is 35.0 Å². The summed E-state index contributed by atoms with van der Waals surface area (Å²) in [7, 11) is 5.04. The van der Waals surface area contributed by atoms with Crippen LogP contribution in [0.15, 0.2) is 30.5 Å². The number of phenols is 1. The number of ether oxygens (including phenoxy) is 2. The third-order valence-corrected chi connectivity index (χ3v) is 12.0. The molecule has 3 atom stereocenters. The first-order valence-electron chi connectivity index (χ1n) is 18.4. The van der Waals surface area contributed by atoms with Crippen molar-refractivity contribution in [2.24, 2.45) is 17.9 Å². The van der Waals surface area contributed by atoms with E-state index >= 15 is 8.78 Å². The van der Waals surface area contributed by atoms with Crippen LogP contribution in [0.1, 0.15) is 24.8 Å². The van der Waals surface area contributed by atoms with Crippen molar-refractivity contribution < 1.29 is 40.9 Å². The van der Waals surface area contributed by atoms with E-state index in [-0.39, 0.29) is 88.6 Å². The van der Waals surface area contributed by atoms with Gasteiger partial charge in [0, 0.05) is 74.3 Å². The molecular weight excluding hydrogens is 740 g/mol. The third kappa shape index (κ3) is 5.64. The summed E-state index contributed by atoms with van der Waals surface area (Å²) in [6.45, 7) is 0.579. The number of benzene rings is 3. The van der Waals surface area contributed by atoms with Crippen LogP contribution in [-0.2, 0) is 11.8 Å². The molecule has 1 saturated carbocycles. The summed E-state index contributed by atoms with van der Waals surface area (Å²) in [5.74, 6) is -2.16. The Morgan fingerprint density at radius 3 is 2.39 bits per heavy atom. The van der Waals surface area contributed by atoms with Gasteiger partial charge in [0.2, 0.25) is 6.43 Å². The monoisotopic (exact) mass is 779 g/mol. The Morgan fingerprint density at radius 1 is 1.07 bits per heavy atom. The van der Waals surface area contributed by atoms with Gasteiger partial charge in [-0.2, -0.15) is 15.1 Å². The number of likely N-dealkylation sites (tertiary alicyclic amines) is 1. The summed E-state index contributed by atoms with van der Waals surface area (Å²) < 4.78 is 104. The fourth-order valence-corrected chi connectivity index (χ4v) is 9.30. The molecule has 4 aliphatic rings. The van der Waals surface area contributed by atoms with Crippen molar-refractivity contribution >= 4 is 38.4 Å². The average Bonchev–Trinajstić information content (AvgIpc) is 3.31. The van der Waals surface area contributed by atoms with Crippen molar-refractivity contribution in [3.05, 3.63) is 47.7 Å². The molecule has 9 rings (SSSR count). The van der Waals surface area contributed by atoms with Crippen molar-refractivity contribution in [3.8, 4) is 35.2 Å². The largest absolute Gasteiger partial charge is 0.508 e. The average molecular weight is 780 g/mol. The third-order valence-electron chi connectivity index (χ3n) is 12.0. The minimum Gasteiger partial charge on any atom is -0.508 e. The molecule has 5 aromatic rings. The lowest BCUT2D eigenvalue weighted by atomic mass is 9.85. The number of halogens is 6. The van der Waals surface area contributed by atoms with E-state index in [0.29, 0.717) is 42.5 Å². The maximum absolute atomic E-state index is 17.7. The van der Waals surface area contributed by atoms with Crippen LogP contribution in [-0.4, -0.2) is 119 Å². The van der Waals surface area contributed by atoms with Gasteiger partial charge in [0.25, 0.3) is 5.92 Å². The number of aromatic hydroxyl groups is 1. The number of nitrogens with zero attached hydrogens (tertiary/aromatic N) is 7. The van der Waals surface area contributed by atoms with Gasteiger partial charge in [-0.15, -0.1) is 6.42 Å². The first kappa shape index (κ1) is 36.8. The quantitative estimate of drug-likeness (QED) is 0.132. The van der Waals surface area contributed by atoms with E-state index in [4.69, 9.17) is 20.9 Å². The molecule has 3 aliphatic heterocycles. The minimum atomic E-state index is -2.99. The van der Waals surface area contributed by atoms with E-state index in [1.165, 1.54) is 28.9 Å². The fourth-order valence-electron chi connectivity index (χ4n) is 9.30. The number of alkyl halides is 4. The van der Waals surface area contributed by atoms with E-state index in [0.717, 1.165) is 0 Å². The second kappa shape index (κ2) is 12.8. The molecule has 2 aromatic heterocycles. The zero-order chi connectivity index (χ0) is 39.5. The Hall–Kier alpha value is -4.85. The molecular formula is C40H39F6N7O3. The van der Waals surface area contributed by atoms with Crippen LogP contribution in [0.4, 0.5) is 32.2 Å². The second-order valence-corrected chi connectivity index (χ2v) is 16.3. The van der Waals surface area contributed by atoms with E-state index in [1.807, 2.05) is 4.90 Å². The maximum atomic E-state index is 17.7. The first-order valence-corrected chi connectivity index (χ1v) is 18.4. The molecule has 3 saturated heterocycles. The van der Waals surface area contributed by atoms with E-state index in [2.05, 4.69) is 20.9 Å².